The van der Waals surface area contributed by atoms with Crippen LogP contribution in [-0.2, 0) is 15.9 Å². The summed E-state index contributed by atoms with van der Waals surface area (Å²) >= 11 is 0. The van der Waals surface area contributed by atoms with Crippen molar-refractivity contribution in [2.75, 3.05) is 31.2 Å². The zero-order valence-corrected chi connectivity index (χ0v) is 18.1. The third kappa shape index (κ3) is 4.07. The number of nitro groups is 1. The summed E-state index contributed by atoms with van der Waals surface area (Å²) in [5.41, 5.74) is 2.82. The Morgan fingerprint density at radius 3 is 2.48 bits per heavy atom. The average molecular weight is 421 g/mol. The molecule has 2 bridgehead atoms. The molecule has 8 heteroatoms. The maximum atomic E-state index is 11.9. The number of benzene rings is 2. The third-order valence-corrected chi connectivity index (χ3v) is 6.61. The number of piperazine rings is 1. The molecule has 31 heavy (non-hydrogen) atoms. The molecule has 3 saturated heterocycles. The van der Waals surface area contributed by atoms with E-state index >= 15 is 0 Å². The molecule has 3 fully saturated rings. The molecule has 5 rings (SSSR count). The van der Waals surface area contributed by atoms with Gasteiger partial charge in [0.2, 0.25) is 0 Å². The molecule has 0 radical (unpaired) electrons. The molecule has 0 saturated carbocycles. The summed E-state index contributed by atoms with van der Waals surface area (Å²) in [4.78, 5) is 16.4. The Balaban J connectivity index is 1.31. The van der Waals surface area contributed by atoms with E-state index in [0.717, 1.165) is 26.1 Å². The lowest BCUT2D eigenvalue weighted by molar-refractivity contribution is -0.384. The molecular weight excluding hydrogens is 393 g/mol. The summed E-state index contributed by atoms with van der Waals surface area (Å²) in [5.74, 6) is 0. The summed E-state index contributed by atoms with van der Waals surface area (Å²) in [6.07, 6.45) is 1.05. The van der Waals surface area contributed by atoms with E-state index in [1.807, 2.05) is 18.2 Å². The lowest BCUT2D eigenvalue weighted by Crippen LogP contribution is -2.48. The highest BCUT2D eigenvalue weighted by atomic mass is 16.6. The van der Waals surface area contributed by atoms with Gasteiger partial charge in [-0.25, -0.2) is 0 Å². The van der Waals surface area contributed by atoms with Gasteiger partial charge in [-0.2, -0.15) is 0 Å². The number of anilines is 1. The van der Waals surface area contributed by atoms with Crippen LogP contribution in [0.15, 0.2) is 48.5 Å². The van der Waals surface area contributed by atoms with Crippen molar-refractivity contribution >= 4 is 24.0 Å². The quantitative estimate of drug-likeness (QED) is 0.420. The first kappa shape index (κ1) is 20.5. The van der Waals surface area contributed by atoms with Crippen LogP contribution in [0.2, 0.25) is 0 Å². The Bertz CT molecular complexity index is 961. The van der Waals surface area contributed by atoms with Crippen molar-refractivity contribution in [3.63, 3.8) is 0 Å². The summed E-state index contributed by atoms with van der Waals surface area (Å²) in [6.45, 7) is 7.99. The van der Waals surface area contributed by atoms with E-state index in [1.54, 1.807) is 6.07 Å². The van der Waals surface area contributed by atoms with Crippen LogP contribution in [0.4, 0.5) is 11.4 Å². The van der Waals surface area contributed by atoms with Gasteiger partial charge < -0.3 is 14.2 Å². The smallest absolute Gasteiger partial charge is 0.407 e. The van der Waals surface area contributed by atoms with Crippen molar-refractivity contribution in [1.82, 2.24) is 4.90 Å². The largest absolute Gasteiger partial charge is 0.494 e. The molecule has 3 aliphatic heterocycles. The van der Waals surface area contributed by atoms with E-state index in [2.05, 4.69) is 47.9 Å². The van der Waals surface area contributed by atoms with Gasteiger partial charge in [0, 0.05) is 56.4 Å². The monoisotopic (exact) mass is 421 g/mol. The summed E-state index contributed by atoms with van der Waals surface area (Å²) in [5, 5.41) is 11.9. The van der Waals surface area contributed by atoms with Crippen molar-refractivity contribution in [2.45, 2.75) is 38.9 Å². The third-order valence-electron chi connectivity index (χ3n) is 6.61. The predicted molar refractivity (Wildman–Crippen MR) is 121 cm³/mol. The summed E-state index contributed by atoms with van der Waals surface area (Å²) in [6, 6.07) is 16.6. The standard InChI is InChI=1S/C23H28BN3O4/c1-23(2)15-30-24(31-16-23)18-8-9-21(22(10-18)27(28)29)26-14-19-11-20(26)13-25(19)12-17-6-4-3-5-7-17/h3-10,19-20H,11-16H2,1-2H3/t19-,20-/m0/s1. The van der Waals surface area contributed by atoms with E-state index < -0.39 is 7.12 Å². The molecule has 3 heterocycles. The van der Waals surface area contributed by atoms with Crippen LogP contribution in [-0.4, -0.2) is 55.3 Å². The molecular formula is C23H28BN3O4. The zero-order chi connectivity index (χ0) is 21.6. The van der Waals surface area contributed by atoms with E-state index in [1.165, 1.54) is 5.56 Å². The summed E-state index contributed by atoms with van der Waals surface area (Å²) < 4.78 is 11.7. The second-order valence-corrected chi connectivity index (χ2v) is 9.73. The van der Waals surface area contributed by atoms with Gasteiger partial charge in [0.1, 0.15) is 5.69 Å². The average Bonchev–Trinajstić information content (AvgIpc) is 3.34. The van der Waals surface area contributed by atoms with Crippen LogP contribution < -0.4 is 10.4 Å². The highest BCUT2D eigenvalue weighted by Gasteiger charge is 2.45. The molecule has 2 aromatic carbocycles. The van der Waals surface area contributed by atoms with Gasteiger partial charge in [-0.1, -0.05) is 50.2 Å². The van der Waals surface area contributed by atoms with Crippen LogP contribution in [0, 0.1) is 15.5 Å². The fourth-order valence-electron chi connectivity index (χ4n) is 5.02. The van der Waals surface area contributed by atoms with Crippen LogP contribution in [0.25, 0.3) is 0 Å². The first-order valence-electron chi connectivity index (χ1n) is 11.0. The minimum absolute atomic E-state index is 0.0389. The number of hydrogen-bond acceptors (Lipinski definition) is 6. The Morgan fingerprint density at radius 2 is 1.84 bits per heavy atom. The van der Waals surface area contributed by atoms with E-state index in [4.69, 9.17) is 9.31 Å². The Kier molecular flexibility index (Phi) is 5.24. The maximum absolute atomic E-state index is 11.9. The predicted octanol–water partition coefficient (Wildman–Crippen LogP) is 2.83. The molecule has 0 unspecified atom stereocenters. The second kappa shape index (κ2) is 7.93. The molecule has 0 aliphatic carbocycles. The molecule has 0 N–H and O–H groups in total. The minimum Gasteiger partial charge on any atom is -0.407 e. The van der Waals surface area contributed by atoms with Gasteiger partial charge in [-0.05, 0) is 23.5 Å². The van der Waals surface area contributed by atoms with Crippen molar-refractivity contribution in [1.29, 1.82) is 0 Å². The number of rotatable bonds is 5. The van der Waals surface area contributed by atoms with Crippen molar-refractivity contribution in [3.8, 4) is 0 Å². The zero-order valence-electron chi connectivity index (χ0n) is 18.1. The number of likely N-dealkylation sites (tertiary alicyclic amines) is 1. The van der Waals surface area contributed by atoms with Crippen molar-refractivity contribution in [3.05, 3.63) is 64.2 Å². The van der Waals surface area contributed by atoms with Gasteiger partial charge in [0.25, 0.3) is 5.69 Å². The number of nitro benzene ring substituents is 1. The first-order chi connectivity index (χ1) is 14.9. The van der Waals surface area contributed by atoms with Crippen LogP contribution in [0.5, 0.6) is 0 Å². The van der Waals surface area contributed by atoms with Gasteiger partial charge in [-0.3, -0.25) is 15.0 Å². The van der Waals surface area contributed by atoms with Gasteiger partial charge in [0.05, 0.1) is 4.92 Å². The van der Waals surface area contributed by atoms with Gasteiger partial charge in [0.15, 0.2) is 0 Å². The number of nitrogens with zero attached hydrogens (tertiary/aromatic N) is 3. The molecule has 162 valence electrons. The molecule has 0 amide bonds. The minimum atomic E-state index is -0.544. The topological polar surface area (TPSA) is 68.1 Å². The summed E-state index contributed by atoms with van der Waals surface area (Å²) in [7, 11) is -0.544. The fourth-order valence-corrected chi connectivity index (χ4v) is 5.02. The van der Waals surface area contributed by atoms with E-state index in [-0.39, 0.29) is 16.0 Å². The lowest BCUT2D eigenvalue weighted by atomic mass is 9.75. The van der Waals surface area contributed by atoms with Crippen molar-refractivity contribution < 1.29 is 14.2 Å². The maximum Gasteiger partial charge on any atom is 0.494 e. The van der Waals surface area contributed by atoms with Crippen LogP contribution in [0.3, 0.4) is 0 Å². The van der Waals surface area contributed by atoms with Gasteiger partial charge in [-0.15, -0.1) is 0 Å². The second-order valence-electron chi connectivity index (χ2n) is 9.73. The number of hydrogen-bond donors (Lipinski definition) is 0. The normalized spacial score (nSPS) is 25.2. The van der Waals surface area contributed by atoms with Crippen molar-refractivity contribution in [2.24, 2.45) is 5.41 Å². The molecule has 0 spiro atoms. The Labute approximate surface area is 183 Å². The highest BCUT2D eigenvalue weighted by Crippen LogP contribution is 2.39. The van der Waals surface area contributed by atoms with E-state index in [0.29, 0.717) is 36.4 Å². The van der Waals surface area contributed by atoms with Crippen LogP contribution >= 0.6 is 0 Å². The SMILES string of the molecule is CC1(C)COB(c2ccc(N3C[C@@H]4C[C@H]3CN4Cc3ccccc3)c([N+](=O)[O-])c2)OC1. The van der Waals surface area contributed by atoms with Gasteiger partial charge >= 0.3 is 7.12 Å². The number of fused-ring (bicyclic) bond motifs is 2. The van der Waals surface area contributed by atoms with E-state index in [9.17, 15) is 10.1 Å². The molecule has 2 atom stereocenters. The fraction of sp³-hybridized carbons (Fsp3) is 0.478. The first-order valence-corrected chi connectivity index (χ1v) is 11.0. The Hall–Kier alpha value is -2.42. The molecule has 2 aromatic rings. The Morgan fingerprint density at radius 1 is 1.10 bits per heavy atom. The molecule has 7 nitrogen and oxygen atoms in total. The highest BCUT2D eigenvalue weighted by molar-refractivity contribution is 6.61. The molecule has 0 aromatic heterocycles. The lowest BCUT2D eigenvalue weighted by Gasteiger charge is -2.35. The van der Waals surface area contributed by atoms with Crippen LogP contribution in [0.1, 0.15) is 25.8 Å². The molecule has 3 aliphatic rings.